The predicted molar refractivity (Wildman–Crippen MR) is 142 cm³/mol. The third-order valence-electron chi connectivity index (χ3n) is 6.13. The third-order valence-corrected chi connectivity index (χ3v) is 6.55. The molecule has 3 N–H and O–H groups in total. The molecule has 1 amide bonds. The van der Waals surface area contributed by atoms with Gasteiger partial charge in [-0.15, -0.1) is 0 Å². The normalized spacial score (nSPS) is 13.9. The first-order valence-corrected chi connectivity index (χ1v) is 13.2. The molecule has 4 rings (SSSR count). The van der Waals surface area contributed by atoms with Gasteiger partial charge < -0.3 is 19.3 Å². The van der Waals surface area contributed by atoms with Crippen LogP contribution in [0.15, 0.2) is 66.2 Å². The van der Waals surface area contributed by atoms with E-state index in [1.165, 1.54) is 26.4 Å². The Balaban J connectivity index is 1.70. The number of amides is 1. The van der Waals surface area contributed by atoms with Gasteiger partial charge in [0, 0.05) is 6.54 Å². The van der Waals surface area contributed by atoms with Gasteiger partial charge in [-0.1, -0.05) is 36.4 Å². The van der Waals surface area contributed by atoms with E-state index in [0.717, 1.165) is 22.3 Å². The van der Waals surface area contributed by atoms with Gasteiger partial charge in [0.15, 0.2) is 11.5 Å². The molecule has 0 fully saturated rings. The van der Waals surface area contributed by atoms with Crippen molar-refractivity contribution in [3.63, 3.8) is 0 Å². The van der Waals surface area contributed by atoms with Crippen LogP contribution in [0.2, 0.25) is 0 Å². The molecule has 0 aliphatic heterocycles. The Bertz CT molecular complexity index is 1450. The van der Waals surface area contributed by atoms with Crippen LogP contribution < -0.4 is 19.3 Å². The van der Waals surface area contributed by atoms with Crippen LogP contribution in [-0.2, 0) is 15.9 Å². The third kappa shape index (κ3) is 6.14. The van der Waals surface area contributed by atoms with Gasteiger partial charge in [-0.05, 0) is 76.2 Å². The summed E-state index contributed by atoms with van der Waals surface area (Å²) < 4.78 is 41.1. The van der Waals surface area contributed by atoms with Crippen molar-refractivity contribution in [3.05, 3.63) is 94.3 Å². The molecule has 0 bridgehead atoms. The smallest absolute Gasteiger partial charge is 0.493 e. The molecule has 0 unspecified atom stereocenters. The van der Waals surface area contributed by atoms with Crippen LogP contribution in [0.3, 0.4) is 0 Å². The number of carbonyl (C=O) groups excluding carboxylic acids is 1. The fourth-order valence-corrected chi connectivity index (χ4v) is 4.78. The van der Waals surface area contributed by atoms with E-state index in [1.54, 1.807) is 18.2 Å². The van der Waals surface area contributed by atoms with Gasteiger partial charge >= 0.3 is 7.82 Å². The number of hydrogen-bond donors (Lipinski definition) is 3. The van der Waals surface area contributed by atoms with Crippen LogP contribution in [0.1, 0.15) is 35.6 Å². The largest absolute Gasteiger partial charge is 0.525 e. The average molecular weight is 539 g/mol. The zero-order valence-corrected chi connectivity index (χ0v) is 21.9. The second kappa shape index (κ2) is 11.2. The van der Waals surface area contributed by atoms with Gasteiger partial charge in [0.2, 0.25) is 11.7 Å². The van der Waals surface area contributed by atoms with Crippen molar-refractivity contribution in [1.82, 2.24) is 5.32 Å². The highest BCUT2D eigenvalue weighted by atomic mass is 31.2. The zero-order valence-electron chi connectivity index (χ0n) is 21.0. The van der Waals surface area contributed by atoms with E-state index in [9.17, 15) is 23.5 Å². The summed E-state index contributed by atoms with van der Waals surface area (Å²) in [6.07, 6.45) is 1.88. The Kier molecular flexibility index (Phi) is 8.02. The van der Waals surface area contributed by atoms with E-state index in [0.29, 0.717) is 23.2 Å². The van der Waals surface area contributed by atoms with Gasteiger partial charge in [-0.3, -0.25) is 14.6 Å². The maximum Gasteiger partial charge on any atom is 0.525 e. The molecule has 3 aromatic carbocycles. The quantitative estimate of drug-likeness (QED) is 0.314. The van der Waals surface area contributed by atoms with Gasteiger partial charge in [-0.2, -0.15) is 0 Å². The number of phosphoric acid groups is 1. The van der Waals surface area contributed by atoms with Gasteiger partial charge in [0.05, 0.1) is 20.6 Å². The SMILES string of the molecule is COc1cc(/C=C2/C(C)=C(CC(=O)NCc3ccccc3)c3cc(F)ccc32)cc(OC)c1OP(=O)(O)O. The minimum Gasteiger partial charge on any atom is -0.493 e. The molecule has 0 spiro atoms. The number of nitrogens with one attached hydrogen (secondary N) is 1. The van der Waals surface area contributed by atoms with E-state index < -0.39 is 13.6 Å². The molecule has 0 radical (unpaired) electrons. The number of methoxy groups -OCH3 is 2. The summed E-state index contributed by atoms with van der Waals surface area (Å²) in [6, 6.07) is 17.1. The highest BCUT2D eigenvalue weighted by Gasteiger charge is 2.27. The maximum atomic E-state index is 14.2. The summed E-state index contributed by atoms with van der Waals surface area (Å²) in [7, 11) is -2.20. The monoisotopic (exact) mass is 539 g/mol. The lowest BCUT2D eigenvalue weighted by molar-refractivity contribution is -0.120. The van der Waals surface area contributed by atoms with Crippen molar-refractivity contribution in [2.45, 2.75) is 19.9 Å². The first kappa shape index (κ1) is 27.1. The number of ether oxygens (including phenoxy) is 2. The van der Waals surface area contributed by atoms with Crippen molar-refractivity contribution in [1.29, 1.82) is 0 Å². The topological polar surface area (TPSA) is 114 Å². The molecule has 1 aliphatic rings. The van der Waals surface area contributed by atoms with Crippen molar-refractivity contribution in [2.75, 3.05) is 14.2 Å². The maximum absolute atomic E-state index is 14.2. The highest BCUT2D eigenvalue weighted by Crippen LogP contribution is 2.49. The molecule has 0 saturated carbocycles. The van der Waals surface area contributed by atoms with Crippen LogP contribution in [0.5, 0.6) is 17.2 Å². The summed E-state index contributed by atoms with van der Waals surface area (Å²) in [5, 5.41) is 2.91. The zero-order chi connectivity index (χ0) is 27.4. The van der Waals surface area contributed by atoms with Crippen LogP contribution in [0.4, 0.5) is 4.39 Å². The van der Waals surface area contributed by atoms with Crippen molar-refractivity contribution in [3.8, 4) is 17.2 Å². The number of allylic oxidation sites excluding steroid dienone is 2. The fourth-order valence-electron chi connectivity index (χ4n) is 4.36. The predicted octanol–water partition coefficient (Wildman–Crippen LogP) is 5.35. The number of rotatable bonds is 9. The fraction of sp³-hybridized carbons (Fsp3) is 0.179. The lowest BCUT2D eigenvalue weighted by atomic mass is 10.00. The summed E-state index contributed by atoms with van der Waals surface area (Å²) in [6.45, 7) is 2.25. The van der Waals surface area contributed by atoms with E-state index in [1.807, 2.05) is 43.3 Å². The molecule has 0 saturated heterocycles. The molecule has 198 valence electrons. The number of halogens is 1. The molecule has 38 heavy (non-hydrogen) atoms. The Morgan fingerprint density at radius 3 is 2.26 bits per heavy atom. The summed E-state index contributed by atoms with van der Waals surface area (Å²) >= 11 is 0. The second-order valence-corrected chi connectivity index (χ2v) is 9.79. The molecule has 0 aromatic heterocycles. The lowest BCUT2D eigenvalue weighted by Gasteiger charge is -2.16. The Hall–Kier alpha value is -3.91. The van der Waals surface area contributed by atoms with Crippen LogP contribution in [0.25, 0.3) is 17.2 Å². The highest BCUT2D eigenvalue weighted by molar-refractivity contribution is 7.46. The molecular formula is C28H27FNO7P. The molecular weight excluding hydrogens is 512 g/mol. The van der Waals surface area contributed by atoms with E-state index in [4.69, 9.17) is 14.0 Å². The number of fused-ring (bicyclic) bond motifs is 1. The Morgan fingerprint density at radius 2 is 1.66 bits per heavy atom. The number of hydrogen-bond acceptors (Lipinski definition) is 5. The molecule has 0 heterocycles. The molecule has 0 atom stereocenters. The van der Waals surface area contributed by atoms with E-state index in [2.05, 4.69) is 5.32 Å². The summed E-state index contributed by atoms with van der Waals surface area (Å²) in [5.41, 5.74) is 5.20. The number of carbonyl (C=O) groups is 1. The Morgan fingerprint density at radius 1 is 1.00 bits per heavy atom. The lowest BCUT2D eigenvalue weighted by Crippen LogP contribution is -2.22. The molecule has 8 nitrogen and oxygen atoms in total. The number of phosphoric ester groups is 1. The molecule has 3 aromatic rings. The van der Waals surface area contributed by atoms with E-state index >= 15 is 0 Å². The summed E-state index contributed by atoms with van der Waals surface area (Å²) in [5.74, 6) is -0.732. The minimum atomic E-state index is -4.87. The standard InChI is InChI=1S/C28H27FNO7P/c1-17-22(11-19-12-25(35-2)28(26(13-19)36-3)37-38(32,33)34)21-10-9-20(29)14-24(21)23(17)15-27(31)30-16-18-7-5-4-6-8-18/h4-14H,15-16H2,1-3H3,(H,30,31)(H2,32,33,34)/b22-11-. The number of benzene rings is 3. The Labute approximate surface area is 219 Å². The van der Waals surface area contributed by atoms with Crippen LogP contribution >= 0.6 is 7.82 Å². The van der Waals surface area contributed by atoms with Crippen molar-refractivity contribution >= 4 is 31.0 Å². The van der Waals surface area contributed by atoms with Gasteiger partial charge in [-0.25, -0.2) is 8.96 Å². The van der Waals surface area contributed by atoms with E-state index in [-0.39, 0.29) is 29.6 Å². The average Bonchev–Trinajstić information content (AvgIpc) is 3.12. The first-order chi connectivity index (χ1) is 18.1. The van der Waals surface area contributed by atoms with Gasteiger partial charge in [0.25, 0.3) is 0 Å². The molecule has 1 aliphatic carbocycles. The first-order valence-electron chi connectivity index (χ1n) is 11.6. The van der Waals surface area contributed by atoms with Crippen molar-refractivity contribution in [2.24, 2.45) is 0 Å². The van der Waals surface area contributed by atoms with Crippen molar-refractivity contribution < 1.29 is 37.5 Å². The second-order valence-electron chi connectivity index (χ2n) is 8.63. The van der Waals surface area contributed by atoms with Crippen LogP contribution in [0, 0.1) is 5.82 Å². The van der Waals surface area contributed by atoms with Crippen LogP contribution in [-0.4, -0.2) is 29.9 Å². The van der Waals surface area contributed by atoms with Gasteiger partial charge in [0.1, 0.15) is 5.82 Å². The minimum absolute atomic E-state index is 0.0546. The summed E-state index contributed by atoms with van der Waals surface area (Å²) in [4.78, 5) is 31.4. The molecule has 10 heteroatoms.